The van der Waals surface area contributed by atoms with E-state index in [0.29, 0.717) is 24.5 Å². The molecule has 0 aliphatic carbocycles. The highest BCUT2D eigenvalue weighted by Crippen LogP contribution is 2.36. The average Bonchev–Trinajstić information content (AvgIpc) is 2.74. The van der Waals surface area contributed by atoms with E-state index in [2.05, 4.69) is 4.98 Å². The van der Waals surface area contributed by atoms with Gasteiger partial charge in [-0.1, -0.05) is 12.1 Å². The summed E-state index contributed by atoms with van der Waals surface area (Å²) in [6.45, 7) is 2.37. The first-order valence-electron chi connectivity index (χ1n) is 6.47. The van der Waals surface area contributed by atoms with Crippen molar-refractivity contribution in [2.45, 2.75) is 19.9 Å². The molecule has 0 bridgehead atoms. The van der Waals surface area contributed by atoms with E-state index in [0.717, 1.165) is 22.4 Å². The van der Waals surface area contributed by atoms with Crippen LogP contribution in [0.1, 0.15) is 16.7 Å². The van der Waals surface area contributed by atoms with Crippen molar-refractivity contribution in [3.05, 3.63) is 47.2 Å². The van der Waals surface area contributed by atoms with Crippen molar-refractivity contribution in [1.29, 1.82) is 0 Å². The van der Waals surface area contributed by atoms with Crippen LogP contribution in [0, 0.1) is 6.92 Å². The number of nitrogens with zero attached hydrogens (tertiary/aromatic N) is 2. The Hall–Kier alpha value is -2.40. The number of aromatic nitrogens is 1. The Labute approximate surface area is 117 Å². The third kappa shape index (κ3) is 1.92. The number of benzene rings is 1. The fourth-order valence-electron chi connectivity index (χ4n) is 2.56. The minimum atomic E-state index is 0.0227. The highest BCUT2D eigenvalue weighted by molar-refractivity contribution is 6.07. The van der Waals surface area contributed by atoms with E-state index in [4.69, 9.17) is 11.5 Å². The zero-order valence-electron chi connectivity index (χ0n) is 11.3. The molecule has 1 aromatic carbocycles. The van der Waals surface area contributed by atoms with Crippen LogP contribution in [0.15, 0.2) is 30.5 Å². The normalized spacial score (nSPS) is 13.7. The molecule has 4 N–H and O–H groups in total. The molecule has 1 aliphatic heterocycles. The Morgan fingerprint density at radius 2 is 2.15 bits per heavy atom. The summed E-state index contributed by atoms with van der Waals surface area (Å²) in [5.74, 6) is 0.665. The van der Waals surface area contributed by atoms with Gasteiger partial charge in [-0.15, -0.1) is 0 Å². The molecule has 5 heteroatoms. The molecule has 3 rings (SSSR count). The maximum absolute atomic E-state index is 12.3. The van der Waals surface area contributed by atoms with E-state index < -0.39 is 0 Å². The largest absolute Gasteiger partial charge is 0.397 e. The van der Waals surface area contributed by atoms with Crippen LogP contribution in [0.5, 0.6) is 0 Å². The van der Waals surface area contributed by atoms with Crippen LogP contribution >= 0.6 is 0 Å². The third-order valence-electron chi connectivity index (χ3n) is 3.50. The van der Waals surface area contributed by atoms with E-state index >= 15 is 0 Å². The minimum absolute atomic E-state index is 0.0227. The van der Waals surface area contributed by atoms with Crippen LogP contribution in [0.4, 0.5) is 17.2 Å². The first-order chi connectivity index (χ1) is 9.60. The van der Waals surface area contributed by atoms with Gasteiger partial charge in [-0.05, 0) is 35.7 Å². The minimum Gasteiger partial charge on any atom is -0.397 e. The average molecular weight is 268 g/mol. The number of nitrogen functional groups attached to an aromatic ring is 1. The number of hydrogen-bond donors (Lipinski definition) is 2. The van der Waals surface area contributed by atoms with E-state index in [-0.39, 0.29) is 5.91 Å². The lowest BCUT2D eigenvalue weighted by Crippen LogP contribution is -2.22. The van der Waals surface area contributed by atoms with E-state index in [1.807, 2.05) is 31.2 Å². The molecule has 102 valence electrons. The van der Waals surface area contributed by atoms with Gasteiger partial charge in [0.05, 0.1) is 24.0 Å². The Morgan fingerprint density at radius 3 is 2.85 bits per heavy atom. The summed E-state index contributed by atoms with van der Waals surface area (Å²) in [7, 11) is 0. The summed E-state index contributed by atoms with van der Waals surface area (Å²) in [6.07, 6.45) is 1.95. The van der Waals surface area contributed by atoms with Crippen molar-refractivity contribution in [2.24, 2.45) is 5.73 Å². The van der Waals surface area contributed by atoms with Gasteiger partial charge in [0.1, 0.15) is 5.82 Å². The number of pyridine rings is 1. The predicted molar refractivity (Wildman–Crippen MR) is 78.6 cm³/mol. The number of carbonyl (C=O) groups is 1. The number of fused-ring (bicyclic) bond motifs is 1. The zero-order chi connectivity index (χ0) is 14.3. The number of anilines is 3. The van der Waals surface area contributed by atoms with Gasteiger partial charge in [-0.2, -0.15) is 0 Å². The van der Waals surface area contributed by atoms with Crippen LogP contribution in [0.25, 0.3) is 0 Å². The molecule has 5 nitrogen and oxygen atoms in total. The maximum Gasteiger partial charge on any atom is 0.237 e. The molecule has 0 spiro atoms. The highest BCUT2D eigenvalue weighted by atomic mass is 16.2. The summed E-state index contributed by atoms with van der Waals surface area (Å²) in [4.78, 5) is 18.3. The topological polar surface area (TPSA) is 85.2 Å². The van der Waals surface area contributed by atoms with Gasteiger partial charge in [0.25, 0.3) is 0 Å². The Kier molecular flexibility index (Phi) is 2.91. The molecular formula is C15H16N4O. The molecule has 1 aromatic heterocycles. The molecule has 0 saturated carbocycles. The maximum atomic E-state index is 12.3. The third-order valence-corrected chi connectivity index (χ3v) is 3.50. The number of carbonyl (C=O) groups excluding carboxylic acids is 1. The van der Waals surface area contributed by atoms with Crippen molar-refractivity contribution in [2.75, 3.05) is 10.6 Å². The first kappa shape index (κ1) is 12.6. The summed E-state index contributed by atoms with van der Waals surface area (Å²) >= 11 is 0. The molecule has 2 heterocycles. The number of amides is 1. The Balaban J connectivity index is 2.10. The second-order valence-corrected chi connectivity index (χ2v) is 4.98. The number of nitrogens with two attached hydrogens (primary N) is 2. The predicted octanol–water partition coefficient (Wildman–Crippen LogP) is 1.65. The molecule has 20 heavy (non-hydrogen) atoms. The molecular weight excluding hydrogens is 252 g/mol. The molecule has 0 saturated heterocycles. The lowest BCUT2D eigenvalue weighted by Gasteiger charge is -2.19. The van der Waals surface area contributed by atoms with Gasteiger partial charge in [0.2, 0.25) is 5.91 Å². The van der Waals surface area contributed by atoms with Crippen molar-refractivity contribution in [1.82, 2.24) is 4.98 Å². The molecule has 0 atom stereocenters. The fraction of sp³-hybridized carbons (Fsp3) is 0.200. The van der Waals surface area contributed by atoms with Crippen molar-refractivity contribution >= 4 is 23.1 Å². The number of aryl methyl sites for hydroxylation is 1. The molecule has 0 fully saturated rings. The second kappa shape index (κ2) is 4.61. The summed E-state index contributed by atoms with van der Waals surface area (Å²) in [5.41, 5.74) is 15.7. The quantitative estimate of drug-likeness (QED) is 0.867. The van der Waals surface area contributed by atoms with Gasteiger partial charge in [-0.3, -0.25) is 9.69 Å². The van der Waals surface area contributed by atoms with Gasteiger partial charge in [-0.25, -0.2) is 4.98 Å². The van der Waals surface area contributed by atoms with Crippen LogP contribution in [0.2, 0.25) is 0 Å². The van der Waals surface area contributed by atoms with Crippen molar-refractivity contribution in [3.63, 3.8) is 0 Å². The smallest absolute Gasteiger partial charge is 0.237 e. The first-order valence-corrected chi connectivity index (χ1v) is 6.47. The van der Waals surface area contributed by atoms with Gasteiger partial charge in [0, 0.05) is 6.54 Å². The number of rotatable bonds is 2. The molecule has 1 aliphatic rings. The molecule has 2 aromatic rings. The number of hydrogen-bond acceptors (Lipinski definition) is 4. The standard InChI is InChI=1S/C15H16N4O/c1-9-4-12(17)8-18-15(9)19-13-3-2-10(7-16)5-11(13)6-14(19)20/h2-5,8H,6-7,16-17H2,1H3. The molecule has 0 radical (unpaired) electrons. The van der Waals surface area contributed by atoms with Crippen LogP contribution in [0.3, 0.4) is 0 Å². The van der Waals surface area contributed by atoms with Crippen molar-refractivity contribution < 1.29 is 4.79 Å². The highest BCUT2D eigenvalue weighted by Gasteiger charge is 2.30. The van der Waals surface area contributed by atoms with Gasteiger partial charge < -0.3 is 11.5 Å². The summed E-state index contributed by atoms with van der Waals surface area (Å²) in [6, 6.07) is 7.68. The monoisotopic (exact) mass is 268 g/mol. The van der Waals surface area contributed by atoms with Crippen LogP contribution < -0.4 is 16.4 Å². The Bertz CT molecular complexity index is 696. The lowest BCUT2D eigenvalue weighted by molar-refractivity contribution is -0.116. The van der Waals surface area contributed by atoms with Gasteiger partial charge >= 0.3 is 0 Å². The fourth-order valence-corrected chi connectivity index (χ4v) is 2.56. The van der Waals surface area contributed by atoms with Gasteiger partial charge in [0.15, 0.2) is 0 Å². The zero-order valence-corrected chi connectivity index (χ0v) is 11.3. The lowest BCUT2D eigenvalue weighted by atomic mass is 10.1. The Morgan fingerprint density at radius 1 is 1.35 bits per heavy atom. The molecule has 0 unspecified atom stereocenters. The molecule has 1 amide bonds. The van der Waals surface area contributed by atoms with E-state index in [9.17, 15) is 4.79 Å². The van der Waals surface area contributed by atoms with E-state index in [1.165, 1.54) is 0 Å². The summed E-state index contributed by atoms with van der Waals surface area (Å²) < 4.78 is 0. The van der Waals surface area contributed by atoms with Crippen molar-refractivity contribution in [3.8, 4) is 0 Å². The van der Waals surface area contributed by atoms with Crippen LogP contribution in [-0.4, -0.2) is 10.9 Å². The van der Waals surface area contributed by atoms with E-state index in [1.54, 1.807) is 11.1 Å². The second-order valence-electron chi connectivity index (χ2n) is 4.98. The van der Waals surface area contributed by atoms with Crippen LogP contribution in [-0.2, 0) is 17.8 Å². The SMILES string of the molecule is Cc1cc(N)cnc1N1C(=O)Cc2cc(CN)ccc21. The summed E-state index contributed by atoms with van der Waals surface area (Å²) in [5, 5.41) is 0.